The van der Waals surface area contributed by atoms with Crippen LogP contribution in [0.4, 0.5) is 0 Å². The molecule has 8 heteroatoms. The van der Waals surface area contributed by atoms with Crippen molar-refractivity contribution in [3.05, 3.63) is 54.7 Å². The van der Waals surface area contributed by atoms with E-state index in [9.17, 15) is 8.42 Å². The van der Waals surface area contributed by atoms with Gasteiger partial charge in [-0.2, -0.15) is 8.42 Å². The lowest BCUT2D eigenvalue weighted by Crippen LogP contribution is -2.08. The van der Waals surface area contributed by atoms with E-state index in [-0.39, 0.29) is 18.8 Å². The molecule has 0 saturated heterocycles. The van der Waals surface area contributed by atoms with E-state index in [4.69, 9.17) is 13.7 Å². The van der Waals surface area contributed by atoms with Crippen LogP contribution in [0.3, 0.4) is 0 Å². The molecule has 1 N–H and O–H groups in total. The summed E-state index contributed by atoms with van der Waals surface area (Å²) in [6, 6.07) is 14.9. The van der Waals surface area contributed by atoms with Gasteiger partial charge in [-0.15, -0.1) is 0 Å². The fraction of sp³-hybridized carbons (Fsp3) is 0.158. The summed E-state index contributed by atoms with van der Waals surface area (Å²) in [6.45, 7) is 0.168. The van der Waals surface area contributed by atoms with E-state index in [0.29, 0.717) is 22.7 Å². The van der Waals surface area contributed by atoms with Crippen molar-refractivity contribution in [2.45, 2.75) is 6.42 Å². The molecule has 0 aliphatic rings. The van der Waals surface area contributed by atoms with Gasteiger partial charge < -0.3 is 9.15 Å². The first-order chi connectivity index (χ1) is 13.0. The molecular formula is C19H16N2O5S. The largest absolute Gasteiger partial charge is 0.493 e. The lowest BCUT2D eigenvalue weighted by atomic mass is 10.1. The van der Waals surface area contributed by atoms with Crippen LogP contribution < -0.4 is 4.74 Å². The standard InChI is InChI=1S/C19H16N2O5S/c22-27(23,24)11-3-10-25-13-6-7-17-18(12-13)26-19(21-17)15-8-9-20-16-5-2-1-4-14(15)16/h1-2,4-9,12H,3,10-11H2,(H,22,23,24). The zero-order valence-electron chi connectivity index (χ0n) is 14.2. The van der Waals surface area contributed by atoms with Gasteiger partial charge in [0.05, 0.1) is 17.9 Å². The van der Waals surface area contributed by atoms with E-state index in [2.05, 4.69) is 9.97 Å². The first-order valence-electron chi connectivity index (χ1n) is 8.32. The highest BCUT2D eigenvalue weighted by Gasteiger charge is 2.12. The van der Waals surface area contributed by atoms with Gasteiger partial charge in [-0.05, 0) is 30.7 Å². The van der Waals surface area contributed by atoms with Crippen LogP contribution in [0.25, 0.3) is 33.5 Å². The second kappa shape index (κ2) is 6.98. The summed E-state index contributed by atoms with van der Waals surface area (Å²) >= 11 is 0. The Bertz CT molecular complexity index is 1210. The van der Waals surface area contributed by atoms with Crippen LogP contribution >= 0.6 is 0 Å². The molecule has 2 aromatic carbocycles. The summed E-state index contributed by atoms with van der Waals surface area (Å²) in [6.07, 6.45) is 1.91. The molecule has 0 aliphatic heterocycles. The molecule has 0 saturated carbocycles. The van der Waals surface area contributed by atoms with E-state index in [1.54, 1.807) is 24.4 Å². The van der Waals surface area contributed by atoms with Crippen LogP contribution in [0, 0.1) is 0 Å². The highest BCUT2D eigenvalue weighted by Crippen LogP contribution is 2.30. The lowest BCUT2D eigenvalue weighted by Gasteiger charge is -2.04. The normalized spacial score (nSPS) is 11.9. The van der Waals surface area contributed by atoms with E-state index in [0.717, 1.165) is 16.5 Å². The molecule has 0 unspecified atom stereocenters. The predicted molar refractivity (Wildman–Crippen MR) is 101 cm³/mol. The molecule has 0 amide bonds. The lowest BCUT2D eigenvalue weighted by molar-refractivity contribution is 0.316. The second-order valence-electron chi connectivity index (χ2n) is 6.01. The van der Waals surface area contributed by atoms with Gasteiger partial charge >= 0.3 is 0 Å². The molecule has 0 spiro atoms. The zero-order valence-corrected chi connectivity index (χ0v) is 15.0. The number of nitrogens with zero attached hydrogens (tertiary/aromatic N) is 2. The minimum absolute atomic E-state index is 0.168. The van der Waals surface area contributed by atoms with Crippen LogP contribution in [0.5, 0.6) is 5.75 Å². The smallest absolute Gasteiger partial charge is 0.264 e. The molecule has 4 aromatic rings. The fourth-order valence-electron chi connectivity index (χ4n) is 2.82. The zero-order chi connectivity index (χ0) is 18.9. The Morgan fingerprint density at radius 1 is 1.07 bits per heavy atom. The molecule has 0 fully saturated rings. The van der Waals surface area contributed by atoms with Crippen LogP contribution in [0.1, 0.15) is 6.42 Å². The third-order valence-corrected chi connectivity index (χ3v) is 4.86. The third kappa shape index (κ3) is 3.91. The molecular weight excluding hydrogens is 368 g/mol. The number of fused-ring (bicyclic) bond motifs is 2. The molecule has 0 bridgehead atoms. The van der Waals surface area contributed by atoms with Crippen LogP contribution in [-0.2, 0) is 10.1 Å². The quantitative estimate of drug-likeness (QED) is 0.399. The summed E-state index contributed by atoms with van der Waals surface area (Å²) in [5.41, 5.74) is 2.97. The summed E-state index contributed by atoms with van der Waals surface area (Å²) in [7, 11) is -3.97. The summed E-state index contributed by atoms with van der Waals surface area (Å²) in [5.74, 6) is 0.698. The highest BCUT2D eigenvalue weighted by atomic mass is 32.2. The minimum atomic E-state index is -3.97. The minimum Gasteiger partial charge on any atom is -0.493 e. The monoisotopic (exact) mass is 384 g/mol. The highest BCUT2D eigenvalue weighted by molar-refractivity contribution is 7.85. The van der Waals surface area contributed by atoms with Crippen LogP contribution in [0.2, 0.25) is 0 Å². The summed E-state index contributed by atoms with van der Waals surface area (Å²) < 4.78 is 41.6. The van der Waals surface area contributed by atoms with E-state index in [1.165, 1.54) is 0 Å². The maximum absolute atomic E-state index is 10.7. The SMILES string of the molecule is O=S(=O)(O)CCCOc1ccc2nc(-c3ccnc4ccccc34)oc2c1. The van der Waals surface area contributed by atoms with Gasteiger partial charge in [0.1, 0.15) is 11.3 Å². The fourth-order valence-corrected chi connectivity index (χ4v) is 3.31. The molecule has 138 valence electrons. The van der Waals surface area contributed by atoms with Gasteiger partial charge in [-0.3, -0.25) is 9.54 Å². The van der Waals surface area contributed by atoms with Crippen molar-refractivity contribution in [2.75, 3.05) is 12.4 Å². The average molecular weight is 384 g/mol. The van der Waals surface area contributed by atoms with E-state index >= 15 is 0 Å². The Hall–Kier alpha value is -2.97. The number of pyridine rings is 1. The van der Waals surface area contributed by atoms with Crippen molar-refractivity contribution in [3.8, 4) is 17.2 Å². The first-order valence-corrected chi connectivity index (χ1v) is 9.93. The van der Waals surface area contributed by atoms with Crippen molar-refractivity contribution in [2.24, 2.45) is 0 Å². The number of oxazole rings is 1. The molecule has 0 atom stereocenters. The Morgan fingerprint density at radius 2 is 1.93 bits per heavy atom. The predicted octanol–water partition coefficient (Wildman–Crippen LogP) is 3.70. The Balaban J connectivity index is 1.59. The molecule has 0 radical (unpaired) electrons. The van der Waals surface area contributed by atoms with Crippen molar-refractivity contribution in [1.82, 2.24) is 9.97 Å². The molecule has 27 heavy (non-hydrogen) atoms. The van der Waals surface area contributed by atoms with Gasteiger partial charge in [0.2, 0.25) is 5.89 Å². The van der Waals surface area contributed by atoms with Gasteiger partial charge in [-0.1, -0.05) is 18.2 Å². The molecule has 4 rings (SSSR count). The van der Waals surface area contributed by atoms with E-state index in [1.807, 2.05) is 30.3 Å². The maximum Gasteiger partial charge on any atom is 0.264 e. The maximum atomic E-state index is 10.7. The van der Waals surface area contributed by atoms with Crippen molar-refractivity contribution < 1.29 is 22.1 Å². The van der Waals surface area contributed by atoms with Crippen molar-refractivity contribution in [3.63, 3.8) is 0 Å². The first kappa shape index (κ1) is 17.4. The van der Waals surface area contributed by atoms with Gasteiger partial charge in [-0.25, -0.2) is 4.98 Å². The number of hydrogen-bond donors (Lipinski definition) is 1. The van der Waals surface area contributed by atoms with Crippen LogP contribution in [-0.4, -0.2) is 35.3 Å². The summed E-state index contributed by atoms with van der Waals surface area (Å²) in [5, 5.41) is 0.952. The number of para-hydroxylation sites is 1. The van der Waals surface area contributed by atoms with Gasteiger partial charge in [0.25, 0.3) is 10.1 Å². The number of hydrogen-bond acceptors (Lipinski definition) is 6. The van der Waals surface area contributed by atoms with Gasteiger partial charge in [0, 0.05) is 23.2 Å². The third-order valence-electron chi connectivity index (χ3n) is 4.05. The summed E-state index contributed by atoms with van der Waals surface area (Å²) in [4.78, 5) is 8.88. The number of ether oxygens (including phenoxy) is 1. The van der Waals surface area contributed by atoms with Crippen molar-refractivity contribution in [1.29, 1.82) is 0 Å². The number of rotatable bonds is 6. The van der Waals surface area contributed by atoms with E-state index < -0.39 is 10.1 Å². The van der Waals surface area contributed by atoms with Gasteiger partial charge in [0.15, 0.2) is 5.58 Å². The number of benzene rings is 2. The topological polar surface area (TPSA) is 103 Å². The number of aromatic nitrogens is 2. The average Bonchev–Trinajstić information content (AvgIpc) is 3.07. The van der Waals surface area contributed by atoms with Crippen LogP contribution in [0.15, 0.2) is 59.1 Å². The van der Waals surface area contributed by atoms with Crippen molar-refractivity contribution >= 4 is 32.1 Å². The molecule has 2 aromatic heterocycles. The second-order valence-corrected chi connectivity index (χ2v) is 7.58. The molecule has 7 nitrogen and oxygen atoms in total. The Labute approximate surface area is 155 Å². The molecule has 2 heterocycles. The Kier molecular flexibility index (Phi) is 4.51. The Morgan fingerprint density at radius 3 is 2.78 bits per heavy atom. The molecule has 0 aliphatic carbocycles.